The molecule has 1 aromatic rings. The van der Waals surface area contributed by atoms with Crippen molar-refractivity contribution in [3.8, 4) is 0 Å². The summed E-state index contributed by atoms with van der Waals surface area (Å²) >= 11 is 0. The Labute approximate surface area is 122 Å². The van der Waals surface area contributed by atoms with Crippen LogP contribution in [0.3, 0.4) is 0 Å². The highest BCUT2D eigenvalue weighted by atomic mass is 16.3. The second-order valence-electron chi connectivity index (χ2n) is 7.06. The molecule has 1 saturated carbocycles. The number of aryl methyl sites for hydroxylation is 1. The average molecular weight is 276 g/mol. The molecule has 3 atom stereocenters. The maximum Gasteiger partial charge on any atom is 0.103 e. The molecule has 1 saturated heterocycles. The highest BCUT2D eigenvalue weighted by Crippen LogP contribution is 2.41. The largest absolute Gasteiger partial charge is 0.469 e. The molecule has 3 nitrogen and oxygen atoms in total. The molecule has 1 aliphatic heterocycles. The van der Waals surface area contributed by atoms with Gasteiger partial charge in [-0.15, -0.1) is 0 Å². The van der Waals surface area contributed by atoms with E-state index in [0.29, 0.717) is 17.6 Å². The van der Waals surface area contributed by atoms with Gasteiger partial charge in [0.1, 0.15) is 5.76 Å². The first kappa shape index (κ1) is 14.2. The van der Waals surface area contributed by atoms with Crippen LogP contribution in [-0.2, 0) is 6.42 Å². The van der Waals surface area contributed by atoms with Crippen molar-refractivity contribution in [1.29, 1.82) is 0 Å². The van der Waals surface area contributed by atoms with E-state index in [0.717, 1.165) is 24.6 Å². The molecule has 3 unspecified atom stereocenters. The van der Waals surface area contributed by atoms with Crippen molar-refractivity contribution in [1.82, 2.24) is 10.2 Å². The Morgan fingerprint density at radius 2 is 2.30 bits per heavy atom. The Balaban J connectivity index is 1.58. The first-order valence-electron chi connectivity index (χ1n) is 8.11. The van der Waals surface area contributed by atoms with Gasteiger partial charge in [-0.3, -0.25) is 4.90 Å². The van der Waals surface area contributed by atoms with Gasteiger partial charge in [0.25, 0.3) is 0 Å². The predicted octanol–water partition coefficient (Wildman–Crippen LogP) is 3.06. The number of piperazine rings is 1. The molecule has 2 fully saturated rings. The normalized spacial score (nSPS) is 33.2. The lowest BCUT2D eigenvalue weighted by atomic mass is 9.90. The third kappa shape index (κ3) is 2.94. The number of hydrogen-bond donors (Lipinski definition) is 1. The van der Waals surface area contributed by atoms with Gasteiger partial charge in [0.2, 0.25) is 0 Å². The number of nitrogens with one attached hydrogen (secondary N) is 1. The summed E-state index contributed by atoms with van der Waals surface area (Å²) in [4.78, 5) is 2.71. The van der Waals surface area contributed by atoms with Gasteiger partial charge in [-0.1, -0.05) is 0 Å². The van der Waals surface area contributed by atoms with Gasteiger partial charge in [0.05, 0.1) is 6.26 Å². The minimum Gasteiger partial charge on any atom is -0.469 e. The second-order valence-corrected chi connectivity index (χ2v) is 7.06. The lowest BCUT2D eigenvalue weighted by Crippen LogP contribution is -2.64. The quantitative estimate of drug-likeness (QED) is 0.896. The summed E-state index contributed by atoms with van der Waals surface area (Å²) in [6, 6.07) is 5.32. The zero-order valence-electron chi connectivity index (χ0n) is 13.1. The zero-order chi connectivity index (χ0) is 14.2. The summed E-state index contributed by atoms with van der Waals surface area (Å²) < 4.78 is 5.46. The van der Waals surface area contributed by atoms with Gasteiger partial charge in [0, 0.05) is 37.1 Å². The van der Waals surface area contributed by atoms with Crippen LogP contribution in [0.25, 0.3) is 0 Å². The molecule has 0 amide bonds. The first-order valence-corrected chi connectivity index (χ1v) is 8.11. The monoisotopic (exact) mass is 276 g/mol. The molecule has 2 aliphatic rings. The third-order valence-corrected chi connectivity index (χ3v) is 5.31. The molecule has 1 aliphatic carbocycles. The first-order chi connectivity index (χ1) is 9.58. The van der Waals surface area contributed by atoms with Crippen molar-refractivity contribution in [2.45, 2.75) is 64.1 Å². The van der Waals surface area contributed by atoms with Crippen LogP contribution < -0.4 is 5.32 Å². The summed E-state index contributed by atoms with van der Waals surface area (Å²) in [5.74, 6) is 2.01. The van der Waals surface area contributed by atoms with Crippen molar-refractivity contribution >= 4 is 0 Å². The standard InChI is InChI=1S/C17H28N2O/c1-13(6-9-16-5-4-10-20-16)19-12-17(3,15-7-8-15)18-11-14(19)2/h4-5,10,13-15,18H,6-9,11-12H2,1-3H3. The van der Waals surface area contributed by atoms with Gasteiger partial charge in [-0.2, -0.15) is 0 Å². The molecule has 0 aromatic carbocycles. The topological polar surface area (TPSA) is 28.4 Å². The van der Waals surface area contributed by atoms with Gasteiger partial charge >= 0.3 is 0 Å². The van der Waals surface area contributed by atoms with Crippen LogP contribution >= 0.6 is 0 Å². The maximum absolute atomic E-state index is 5.46. The Morgan fingerprint density at radius 1 is 1.50 bits per heavy atom. The van der Waals surface area contributed by atoms with Crippen LogP contribution in [0.1, 0.15) is 45.8 Å². The lowest BCUT2D eigenvalue weighted by molar-refractivity contribution is 0.0488. The minimum absolute atomic E-state index is 0.339. The highest BCUT2D eigenvalue weighted by Gasteiger charge is 2.45. The molecule has 112 valence electrons. The van der Waals surface area contributed by atoms with E-state index < -0.39 is 0 Å². The number of rotatable bonds is 5. The van der Waals surface area contributed by atoms with E-state index in [2.05, 4.69) is 37.1 Å². The van der Waals surface area contributed by atoms with Crippen molar-refractivity contribution < 1.29 is 4.42 Å². The van der Waals surface area contributed by atoms with Crippen molar-refractivity contribution in [2.24, 2.45) is 5.92 Å². The van der Waals surface area contributed by atoms with Gasteiger partial charge in [-0.05, 0) is 58.1 Å². The van der Waals surface area contributed by atoms with Crippen LogP contribution in [0.2, 0.25) is 0 Å². The van der Waals surface area contributed by atoms with Crippen LogP contribution in [-0.4, -0.2) is 35.6 Å². The summed E-state index contributed by atoms with van der Waals surface area (Å²) in [5, 5.41) is 3.80. The molecule has 1 aromatic heterocycles. The summed E-state index contributed by atoms with van der Waals surface area (Å²) in [6.07, 6.45) is 6.82. The summed E-state index contributed by atoms with van der Waals surface area (Å²) in [6.45, 7) is 9.46. The van der Waals surface area contributed by atoms with E-state index in [1.807, 2.05) is 6.07 Å². The van der Waals surface area contributed by atoms with Crippen molar-refractivity contribution in [3.63, 3.8) is 0 Å². The molecule has 20 heavy (non-hydrogen) atoms. The van der Waals surface area contributed by atoms with Gasteiger partial charge < -0.3 is 9.73 Å². The number of furan rings is 1. The Kier molecular flexibility index (Phi) is 3.91. The zero-order valence-corrected chi connectivity index (χ0v) is 13.1. The van der Waals surface area contributed by atoms with Crippen LogP contribution in [0.4, 0.5) is 0 Å². The van der Waals surface area contributed by atoms with E-state index in [4.69, 9.17) is 4.42 Å². The lowest BCUT2D eigenvalue weighted by Gasteiger charge is -2.48. The minimum atomic E-state index is 0.339. The molecule has 0 bridgehead atoms. The fourth-order valence-electron chi connectivity index (χ4n) is 3.65. The molecule has 3 rings (SSSR count). The van der Waals surface area contributed by atoms with Crippen molar-refractivity contribution in [2.75, 3.05) is 13.1 Å². The summed E-state index contributed by atoms with van der Waals surface area (Å²) in [5.41, 5.74) is 0.339. The Bertz CT molecular complexity index is 426. The van der Waals surface area contributed by atoms with E-state index in [1.165, 1.54) is 25.8 Å². The molecular weight excluding hydrogens is 248 g/mol. The van der Waals surface area contributed by atoms with E-state index in [9.17, 15) is 0 Å². The fraction of sp³-hybridized carbons (Fsp3) is 0.765. The molecule has 1 N–H and O–H groups in total. The van der Waals surface area contributed by atoms with Crippen LogP contribution in [0.15, 0.2) is 22.8 Å². The highest BCUT2D eigenvalue weighted by molar-refractivity contribution is 5.05. The molecule has 3 heteroatoms. The van der Waals surface area contributed by atoms with E-state index >= 15 is 0 Å². The van der Waals surface area contributed by atoms with E-state index in [-0.39, 0.29) is 0 Å². The Hall–Kier alpha value is -0.800. The molecule has 0 spiro atoms. The third-order valence-electron chi connectivity index (χ3n) is 5.31. The van der Waals surface area contributed by atoms with E-state index in [1.54, 1.807) is 6.26 Å². The second kappa shape index (κ2) is 5.53. The molecule has 0 radical (unpaired) electrons. The van der Waals surface area contributed by atoms with Gasteiger partial charge in [0.15, 0.2) is 0 Å². The number of nitrogens with zero attached hydrogens (tertiary/aromatic N) is 1. The van der Waals surface area contributed by atoms with Gasteiger partial charge in [-0.25, -0.2) is 0 Å². The average Bonchev–Trinajstić information content (AvgIpc) is 3.18. The Morgan fingerprint density at radius 3 is 2.95 bits per heavy atom. The van der Waals surface area contributed by atoms with Crippen molar-refractivity contribution in [3.05, 3.63) is 24.2 Å². The SMILES string of the molecule is CC(CCc1ccco1)N1CC(C)(C2CC2)NCC1C. The maximum atomic E-state index is 5.46. The smallest absolute Gasteiger partial charge is 0.103 e. The van der Waals surface area contributed by atoms with Crippen LogP contribution in [0, 0.1) is 5.92 Å². The molecule has 2 heterocycles. The summed E-state index contributed by atoms with van der Waals surface area (Å²) in [7, 11) is 0. The predicted molar refractivity (Wildman–Crippen MR) is 81.8 cm³/mol. The fourth-order valence-corrected chi connectivity index (χ4v) is 3.65. The molecular formula is C17H28N2O. The van der Waals surface area contributed by atoms with Crippen LogP contribution in [0.5, 0.6) is 0 Å². The number of hydrogen-bond acceptors (Lipinski definition) is 3.